The summed E-state index contributed by atoms with van der Waals surface area (Å²) < 4.78 is 10.8. The minimum absolute atomic E-state index is 0.150. The van der Waals surface area contributed by atoms with Crippen LogP contribution in [-0.4, -0.2) is 96.6 Å². The molecule has 6 rings (SSSR count). The van der Waals surface area contributed by atoms with Crippen LogP contribution in [0.1, 0.15) is 25.0 Å². The summed E-state index contributed by atoms with van der Waals surface area (Å²) in [5.74, 6) is -1.53. The molecule has 11 nitrogen and oxygen atoms in total. The van der Waals surface area contributed by atoms with Gasteiger partial charge in [0.05, 0.1) is 32.4 Å². The molecule has 0 radical (unpaired) electrons. The van der Waals surface area contributed by atoms with Crippen LogP contribution < -0.4 is 16.0 Å². The monoisotopic (exact) mass is 665 g/mol. The first-order chi connectivity index (χ1) is 23.7. The van der Waals surface area contributed by atoms with Gasteiger partial charge in [0.1, 0.15) is 17.7 Å². The molecule has 2 fully saturated rings. The fraction of sp³-hybridized carbons (Fsp3) is 0.368. The molecular formula is C38H43N5O6. The second-order valence-electron chi connectivity index (χ2n) is 13.0. The maximum atomic E-state index is 14.1. The summed E-state index contributed by atoms with van der Waals surface area (Å²) in [6.07, 6.45) is 2.23. The van der Waals surface area contributed by atoms with Gasteiger partial charge in [-0.15, -0.1) is 0 Å². The van der Waals surface area contributed by atoms with Crippen LogP contribution >= 0.6 is 0 Å². The smallest absolute Gasteiger partial charge is 0.243 e. The lowest BCUT2D eigenvalue weighted by Gasteiger charge is -2.27. The summed E-state index contributed by atoms with van der Waals surface area (Å²) in [6, 6.07) is 22.8. The number of amides is 3. The molecular weight excluding hydrogens is 622 g/mol. The number of rotatable bonds is 14. The molecule has 2 saturated heterocycles. The molecule has 4 N–H and O–H groups in total. The Kier molecular flexibility index (Phi) is 10.5. The number of Topliss-reactive ketones (excluding diaryl/α,β-unsaturated/α-hetero) is 1. The van der Waals surface area contributed by atoms with Crippen LogP contribution in [0.15, 0.2) is 85.1 Å². The number of aromatic amines is 1. The van der Waals surface area contributed by atoms with E-state index in [1.807, 2.05) is 90.0 Å². The lowest BCUT2D eigenvalue weighted by Crippen LogP contribution is -2.57. The van der Waals surface area contributed by atoms with Crippen LogP contribution in [0.2, 0.25) is 0 Å². The number of nitrogens with one attached hydrogen (secondary N) is 4. The number of fused-ring (bicyclic) bond motifs is 1. The van der Waals surface area contributed by atoms with Crippen molar-refractivity contribution in [2.75, 3.05) is 39.5 Å². The Balaban J connectivity index is 1.19. The third-order valence-corrected chi connectivity index (χ3v) is 9.21. The number of para-hydroxylation sites is 1. The second-order valence-corrected chi connectivity index (χ2v) is 13.0. The number of hydrogen-bond acceptors (Lipinski definition) is 7. The SMILES string of the molecule is C[C@@H](NC(=O)CN1CCOCC1)C(=O)N[C@@H](Cc1c[nH]c2ccccc12)C(=O)N[C@@H](Cc1ccc(-c2ccccc2)cc1)C(=O)[C@@]1(C)CO1. The van der Waals surface area contributed by atoms with Crippen LogP contribution in [0.4, 0.5) is 0 Å². The normalized spacial score (nSPS) is 19.4. The van der Waals surface area contributed by atoms with Crippen molar-refractivity contribution in [3.8, 4) is 11.1 Å². The molecule has 0 spiro atoms. The van der Waals surface area contributed by atoms with E-state index < -0.39 is 35.5 Å². The molecule has 3 heterocycles. The van der Waals surface area contributed by atoms with Crippen molar-refractivity contribution in [3.05, 3.63) is 96.2 Å². The number of nitrogens with zero attached hydrogens (tertiary/aromatic N) is 1. The van der Waals surface area contributed by atoms with Crippen LogP contribution in [-0.2, 0) is 41.5 Å². The van der Waals surface area contributed by atoms with Gasteiger partial charge in [-0.3, -0.25) is 24.1 Å². The number of carbonyl (C=O) groups excluding carboxylic acids is 4. The standard InChI is InChI=1S/C38H43N5O6/c1-25(40-34(44)23-43-16-18-48-19-17-43)36(46)42-33(21-29-22-39-31-11-7-6-10-30(29)31)37(47)41-32(35(45)38(2)24-49-38)20-26-12-14-28(15-13-26)27-8-4-3-5-9-27/h3-15,22,25,32-33,39H,16-21,23-24H2,1-2H3,(H,40,44)(H,41,47)(H,42,46)/t25-,32+,33+,38-/m1/s1. The second kappa shape index (κ2) is 15.1. The highest BCUT2D eigenvalue weighted by molar-refractivity contribution is 5.99. The van der Waals surface area contributed by atoms with Crippen LogP contribution in [0.5, 0.6) is 0 Å². The molecule has 2 aliphatic rings. The first-order valence-electron chi connectivity index (χ1n) is 16.8. The zero-order chi connectivity index (χ0) is 34.4. The zero-order valence-corrected chi connectivity index (χ0v) is 27.9. The van der Waals surface area contributed by atoms with Crippen LogP contribution in [0, 0.1) is 0 Å². The average molecular weight is 666 g/mol. The minimum atomic E-state index is -1.03. The number of carbonyl (C=O) groups is 4. The Hall–Kier alpha value is -4.84. The molecule has 0 unspecified atom stereocenters. The van der Waals surface area contributed by atoms with Crippen molar-refractivity contribution in [1.82, 2.24) is 25.8 Å². The molecule has 1 aromatic heterocycles. The molecule has 3 amide bonds. The summed E-state index contributed by atoms with van der Waals surface area (Å²) in [5.41, 5.74) is 3.75. The van der Waals surface area contributed by atoms with E-state index >= 15 is 0 Å². The predicted molar refractivity (Wildman–Crippen MR) is 186 cm³/mol. The van der Waals surface area contributed by atoms with Gasteiger partial charge < -0.3 is 30.4 Å². The molecule has 4 aromatic rings. The van der Waals surface area contributed by atoms with E-state index in [2.05, 4.69) is 20.9 Å². The van der Waals surface area contributed by atoms with E-state index in [0.717, 1.165) is 33.2 Å². The van der Waals surface area contributed by atoms with Crippen molar-refractivity contribution < 1.29 is 28.7 Å². The van der Waals surface area contributed by atoms with E-state index in [0.29, 0.717) is 26.3 Å². The summed E-state index contributed by atoms with van der Waals surface area (Å²) in [6.45, 7) is 6.14. The maximum absolute atomic E-state index is 14.1. The Labute approximate surface area is 285 Å². The lowest BCUT2D eigenvalue weighted by atomic mass is 9.93. The number of hydrogen-bond donors (Lipinski definition) is 4. The maximum Gasteiger partial charge on any atom is 0.243 e. The Morgan fingerprint density at radius 1 is 0.816 bits per heavy atom. The Morgan fingerprint density at radius 3 is 2.18 bits per heavy atom. The van der Waals surface area contributed by atoms with Crippen molar-refractivity contribution >= 4 is 34.4 Å². The van der Waals surface area contributed by atoms with E-state index in [-0.39, 0.29) is 37.7 Å². The van der Waals surface area contributed by atoms with Gasteiger partial charge in [-0.1, -0.05) is 72.8 Å². The van der Waals surface area contributed by atoms with Gasteiger partial charge in [0.2, 0.25) is 17.7 Å². The quantitative estimate of drug-likeness (QED) is 0.152. The Morgan fingerprint density at radius 2 is 1.47 bits per heavy atom. The molecule has 0 aliphatic carbocycles. The minimum Gasteiger partial charge on any atom is -0.379 e. The van der Waals surface area contributed by atoms with E-state index in [4.69, 9.17) is 9.47 Å². The van der Waals surface area contributed by atoms with Gasteiger partial charge in [-0.2, -0.15) is 0 Å². The highest BCUT2D eigenvalue weighted by Crippen LogP contribution is 2.29. The number of aromatic nitrogens is 1. The third-order valence-electron chi connectivity index (χ3n) is 9.21. The van der Waals surface area contributed by atoms with Crippen molar-refractivity contribution in [2.45, 2.75) is 50.4 Å². The van der Waals surface area contributed by atoms with Crippen molar-refractivity contribution in [2.24, 2.45) is 0 Å². The number of benzene rings is 3. The number of morpholine rings is 1. The molecule has 4 atom stereocenters. The number of H-pyrrole nitrogens is 1. The molecule has 0 saturated carbocycles. The van der Waals surface area contributed by atoms with Gasteiger partial charge >= 0.3 is 0 Å². The highest BCUT2D eigenvalue weighted by atomic mass is 16.6. The average Bonchev–Trinajstić information content (AvgIpc) is 3.75. The topological polar surface area (TPSA) is 145 Å². The van der Waals surface area contributed by atoms with Gasteiger partial charge in [0.25, 0.3) is 0 Å². The van der Waals surface area contributed by atoms with Gasteiger partial charge in [-0.25, -0.2) is 0 Å². The molecule has 0 bridgehead atoms. The zero-order valence-electron chi connectivity index (χ0n) is 27.9. The van der Waals surface area contributed by atoms with Crippen molar-refractivity contribution in [1.29, 1.82) is 0 Å². The van der Waals surface area contributed by atoms with E-state index in [9.17, 15) is 19.2 Å². The largest absolute Gasteiger partial charge is 0.379 e. The molecule has 256 valence electrons. The first-order valence-corrected chi connectivity index (χ1v) is 16.8. The highest BCUT2D eigenvalue weighted by Gasteiger charge is 2.50. The molecule has 49 heavy (non-hydrogen) atoms. The number of ketones is 1. The fourth-order valence-corrected chi connectivity index (χ4v) is 6.14. The summed E-state index contributed by atoms with van der Waals surface area (Å²) in [7, 11) is 0. The van der Waals surface area contributed by atoms with Gasteiger partial charge in [-0.05, 0) is 48.6 Å². The lowest BCUT2D eigenvalue weighted by molar-refractivity contribution is -0.134. The van der Waals surface area contributed by atoms with E-state index in [1.54, 1.807) is 13.8 Å². The molecule has 3 aromatic carbocycles. The fourth-order valence-electron chi connectivity index (χ4n) is 6.14. The molecule has 2 aliphatic heterocycles. The van der Waals surface area contributed by atoms with Gasteiger partial charge in [0, 0.05) is 36.6 Å². The number of ether oxygens (including phenoxy) is 2. The summed E-state index contributed by atoms with van der Waals surface area (Å²) >= 11 is 0. The first kappa shape index (κ1) is 34.0. The number of epoxide rings is 1. The Bertz CT molecular complexity index is 1780. The predicted octanol–water partition coefficient (Wildman–Crippen LogP) is 2.78. The molecule has 11 heteroatoms. The van der Waals surface area contributed by atoms with Crippen molar-refractivity contribution in [3.63, 3.8) is 0 Å². The van der Waals surface area contributed by atoms with Crippen LogP contribution in [0.25, 0.3) is 22.0 Å². The summed E-state index contributed by atoms with van der Waals surface area (Å²) in [4.78, 5) is 59.2. The van der Waals surface area contributed by atoms with Crippen LogP contribution in [0.3, 0.4) is 0 Å². The summed E-state index contributed by atoms with van der Waals surface area (Å²) in [5, 5.41) is 9.50. The van der Waals surface area contributed by atoms with E-state index in [1.165, 1.54) is 0 Å². The third kappa shape index (κ3) is 8.61. The van der Waals surface area contributed by atoms with Gasteiger partial charge in [0.15, 0.2) is 5.78 Å².